The molecule has 2 aliphatic rings. The van der Waals surface area contributed by atoms with E-state index < -0.39 is 0 Å². The van der Waals surface area contributed by atoms with Crippen LogP contribution < -0.4 is 10.9 Å². The van der Waals surface area contributed by atoms with Crippen LogP contribution in [0.1, 0.15) is 66.3 Å². The molecular weight excluding hydrogens is 649 g/mol. The molecule has 8 nitrogen and oxygen atoms in total. The number of imide groups is 1. The molecule has 0 atom stereocenters. The smallest absolute Gasteiger partial charge is 0.293 e. The molecule has 47 heavy (non-hydrogen) atoms. The van der Waals surface area contributed by atoms with Gasteiger partial charge in [-0.3, -0.25) is 28.6 Å². The van der Waals surface area contributed by atoms with Gasteiger partial charge in [0.1, 0.15) is 4.83 Å². The van der Waals surface area contributed by atoms with Crippen LogP contribution in [0.5, 0.6) is 0 Å². The van der Waals surface area contributed by atoms with Gasteiger partial charge in [-0.05, 0) is 91.1 Å². The third-order valence-electron chi connectivity index (χ3n) is 8.49. The number of fused-ring (bicyclic) bond motifs is 3. The Labute approximate surface area is 287 Å². The van der Waals surface area contributed by atoms with Crippen LogP contribution in [0.2, 0.25) is 0 Å². The molecule has 1 N–H and O–H groups in total. The van der Waals surface area contributed by atoms with E-state index in [0.717, 1.165) is 70.2 Å². The Morgan fingerprint density at radius 2 is 1.79 bits per heavy atom. The van der Waals surface area contributed by atoms with Crippen LogP contribution in [-0.2, 0) is 27.8 Å². The van der Waals surface area contributed by atoms with E-state index in [1.165, 1.54) is 27.1 Å². The number of carbonyl (C=O) groups is 3. The van der Waals surface area contributed by atoms with E-state index in [0.29, 0.717) is 15.4 Å². The minimum atomic E-state index is -0.364. The average molecular weight is 687 g/mol. The number of aryl methyl sites for hydroxylation is 4. The Bertz CT molecular complexity index is 1990. The number of carbonyl (C=O) groups excluding carboxylic acids is 3. The predicted octanol–water partition coefficient (Wildman–Crippen LogP) is 7.19. The molecule has 0 unspecified atom stereocenters. The van der Waals surface area contributed by atoms with E-state index in [2.05, 4.69) is 26.1 Å². The van der Waals surface area contributed by atoms with Crippen LogP contribution in [-0.4, -0.2) is 50.3 Å². The standard InChI is InChI=1S/C36H38N4O4S3/c1-21-10-15-26(22(2)18-21)40-33(43)30-25-8-6-7-9-27(25)46-31(30)38-34(40)45-20-29(41)37-16-17-39-32(42)28(47-35(39)44)19-23-11-13-24(14-12-23)36(3,4)5/h10-15,18-19H,6-9,16-17,20H2,1-5H3,(H,37,41)/b28-19+. The molecule has 1 fully saturated rings. The lowest BCUT2D eigenvalue weighted by Gasteiger charge is -2.18. The van der Waals surface area contributed by atoms with Crippen LogP contribution >= 0.6 is 34.9 Å². The van der Waals surface area contributed by atoms with E-state index in [1.54, 1.807) is 22.0 Å². The summed E-state index contributed by atoms with van der Waals surface area (Å²) in [7, 11) is 0. The second kappa shape index (κ2) is 13.4. The highest BCUT2D eigenvalue weighted by atomic mass is 32.2. The second-order valence-electron chi connectivity index (χ2n) is 13.1. The SMILES string of the molecule is Cc1ccc(-n2c(SCC(=O)NCCN3C(=O)S/C(=C/c4ccc(C(C)(C)C)cc4)C3=O)nc3sc4c(c3c2=O)CCCC4)c(C)c1. The van der Waals surface area contributed by atoms with E-state index in [9.17, 15) is 19.2 Å². The fourth-order valence-electron chi connectivity index (χ4n) is 5.96. The largest absolute Gasteiger partial charge is 0.354 e. The molecule has 1 aliphatic heterocycles. The zero-order chi connectivity index (χ0) is 33.5. The quantitative estimate of drug-likeness (QED) is 0.119. The van der Waals surface area contributed by atoms with Gasteiger partial charge >= 0.3 is 0 Å². The van der Waals surface area contributed by atoms with Crippen LogP contribution in [0.15, 0.2) is 57.3 Å². The molecule has 11 heteroatoms. The van der Waals surface area contributed by atoms with Crippen molar-refractivity contribution in [3.63, 3.8) is 0 Å². The maximum atomic E-state index is 14.1. The number of thiophene rings is 1. The summed E-state index contributed by atoms with van der Waals surface area (Å²) >= 11 is 3.71. The van der Waals surface area contributed by atoms with E-state index in [4.69, 9.17) is 4.98 Å². The maximum absolute atomic E-state index is 14.1. The molecule has 244 valence electrons. The Morgan fingerprint density at radius 3 is 2.51 bits per heavy atom. The first-order chi connectivity index (χ1) is 22.4. The second-order valence-corrected chi connectivity index (χ2v) is 16.1. The van der Waals surface area contributed by atoms with Crippen LogP contribution in [0, 0.1) is 13.8 Å². The number of nitrogens with one attached hydrogen (secondary N) is 1. The molecule has 1 saturated heterocycles. The van der Waals surface area contributed by atoms with Crippen molar-refractivity contribution in [3.05, 3.63) is 90.4 Å². The summed E-state index contributed by atoms with van der Waals surface area (Å²) in [6, 6.07) is 13.9. The number of amides is 3. The monoisotopic (exact) mass is 686 g/mol. The van der Waals surface area contributed by atoms with Crippen molar-refractivity contribution in [2.45, 2.75) is 70.9 Å². The van der Waals surface area contributed by atoms with Gasteiger partial charge in [-0.1, -0.05) is 74.5 Å². The maximum Gasteiger partial charge on any atom is 0.293 e. The Hall–Kier alpha value is -3.67. The zero-order valence-corrected chi connectivity index (χ0v) is 29.7. The Balaban J connectivity index is 1.13. The first kappa shape index (κ1) is 33.2. The fraction of sp³-hybridized carbons (Fsp3) is 0.361. The van der Waals surface area contributed by atoms with Crippen molar-refractivity contribution in [1.29, 1.82) is 0 Å². The molecule has 0 bridgehead atoms. The summed E-state index contributed by atoms with van der Waals surface area (Å²) in [4.78, 5) is 61.2. The Kier molecular flexibility index (Phi) is 9.51. The van der Waals surface area contributed by atoms with Gasteiger partial charge in [0.2, 0.25) is 5.91 Å². The van der Waals surface area contributed by atoms with Gasteiger partial charge in [0.15, 0.2) is 5.16 Å². The summed E-state index contributed by atoms with van der Waals surface area (Å²) in [5.74, 6) is -0.610. The molecule has 3 amide bonds. The van der Waals surface area contributed by atoms with Crippen molar-refractivity contribution in [3.8, 4) is 5.69 Å². The highest BCUT2D eigenvalue weighted by Crippen LogP contribution is 2.36. The normalized spacial score (nSPS) is 15.9. The molecule has 2 aromatic carbocycles. The Morgan fingerprint density at radius 1 is 1.04 bits per heavy atom. The first-order valence-corrected chi connectivity index (χ1v) is 18.4. The lowest BCUT2D eigenvalue weighted by atomic mass is 9.87. The summed E-state index contributed by atoms with van der Waals surface area (Å²) in [6.07, 6.45) is 5.76. The molecule has 2 aromatic heterocycles. The summed E-state index contributed by atoms with van der Waals surface area (Å²) in [6.45, 7) is 10.6. The lowest BCUT2D eigenvalue weighted by Crippen LogP contribution is -2.37. The molecule has 0 spiro atoms. The number of nitrogens with zero attached hydrogens (tertiary/aromatic N) is 3. The van der Waals surface area contributed by atoms with Crippen LogP contribution in [0.3, 0.4) is 0 Å². The topological polar surface area (TPSA) is 101 Å². The van der Waals surface area contributed by atoms with Crippen molar-refractivity contribution >= 4 is 68.2 Å². The van der Waals surface area contributed by atoms with Gasteiger partial charge in [-0.25, -0.2) is 4.98 Å². The van der Waals surface area contributed by atoms with Gasteiger partial charge in [-0.2, -0.15) is 0 Å². The predicted molar refractivity (Wildman–Crippen MR) is 193 cm³/mol. The minimum Gasteiger partial charge on any atom is -0.354 e. The van der Waals surface area contributed by atoms with Gasteiger partial charge in [0.25, 0.3) is 16.7 Å². The number of aromatic nitrogens is 2. The van der Waals surface area contributed by atoms with Gasteiger partial charge < -0.3 is 5.32 Å². The first-order valence-electron chi connectivity index (χ1n) is 15.8. The number of rotatable bonds is 8. The summed E-state index contributed by atoms with van der Waals surface area (Å²) < 4.78 is 1.65. The summed E-state index contributed by atoms with van der Waals surface area (Å²) in [5, 5.41) is 3.64. The molecular formula is C36H38N4O4S3. The molecule has 0 radical (unpaired) electrons. The molecule has 1 aliphatic carbocycles. The summed E-state index contributed by atoms with van der Waals surface area (Å²) in [5.41, 5.74) is 5.90. The van der Waals surface area contributed by atoms with E-state index in [-0.39, 0.29) is 46.9 Å². The van der Waals surface area contributed by atoms with Crippen LogP contribution in [0.25, 0.3) is 22.0 Å². The molecule has 4 aromatic rings. The van der Waals surface area contributed by atoms with E-state index >= 15 is 0 Å². The van der Waals surface area contributed by atoms with Crippen LogP contribution in [0.4, 0.5) is 4.79 Å². The average Bonchev–Trinajstić information content (AvgIpc) is 3.52. The number of thioether (sulfide) groups is 2. The molecule has 3 heterocycles. The highest BCUT2D eigenvalue weighted by Gasteiger charge is 2.34. The van der Waals surface area contributed by atoms with E-state index in [1.807, 2.05) is 56.3 Å². The van der Waals surface area contributed by atoms with Gasteiger partial charge in [-0.15, -0.1) is 11.3 Å². The third-order valence-corrected chi connectivity index (χ3v) is 11.5. The van der Waals surface area contributed by atoms with Crippen molar-refractivity contribution in [2.75, 3.05) is 18.8 Å². The van der Waals surface area contributed by atoms with Crippen molar-refractivity contribution in [2.24, 2.45) is 0 Å². The number of hydrogen-bond acceptors (Lipinski definition) is 8. The third kappa shape index (κ3) is 6.98. The van der Waals surface area contributed by atoms with Crippen molar-refractivity contribution in [1.82, 2.24) is 19.8 Å². The zero-order valence-electron chi connectivity index (χ0n) is 27.3. The number of benzene rings is 2. The highest BCUT2D eigenvalue weighted by molar-refractivity contribution is 8.18. The lowest BCUT2D eigenvalue weighted by molar-refractivity contribution is -0.123. The molecule has 0 saturated carbocycles. The van der Waals surface area contributed by atoms with Gasteiger partial charge in [0.05, 0.1) is 21.7 Å². The molecule has 6 rings (SSSR count). The van der Waals surface area contributed by atoms with Gasteiger partial charge in [0, 0.05) is 18.0 Å². The minimum absolute atomic E-state index is 0.0210. The number of hydrogen-bond donors (Lipinski definition) is 1. The fourth-order valence-corrected chi connectivity index (χ4v) is 8.97. The van der Waals surface area contributed by atoms with Crippen molar-refractivity contribution < 1.29 is 14.4 Å².